The Hall–Kier alpha value is -0.810. The second-order valence-electron chi connectivity index (χ2n) is 6.13. The van der Waals surface area contributed by atoms with E-state index in [2.05, 4.69) is 24.5 Å². The van der Waals surface area contributed by atoms with Crippen LogP contribution in [0.4, 0.5) is 4.79 Å². The van der Waals surface area contributed by atoms with Crippen molar-refractivity contribution >= 4 is 6.03 Å². The highest BCUT2D eigenvalue weighted by Gasteiger charge is 2.22. The lowest BCUT2D eigenvalue weighted by molar-refractivity contribution is 0.0474. The number of carbonyl (C=O) groups excluding carboxylic acids is 1. The molecule has 1 heterocycles. The van der Waals surface area contributed by atoms with Crippen molar-refractivity contribution < 1.29 is 14.6 Å². The number of hydrogen-bond acceptors (Lipinski definition) is 3. The number of rotatable bonds is 7. The molecule has 0 aromatic rings. The SMILES string of the molecule is CC(C)CCC(C)(O)CNC(=O)NCC1CCCO1. The van der Waals surface area contributed by atoms with Gasteiger partial charge in [0.1, 0.15) is 0 Å². The first-order valence-corrected chi connectivity index (χ1v) is 7.25. The van der Waals surface area contributed by atoms with Gasteiger partial charge < -0.3 is 20.5 Å². The van der Waals surface area contributed by atoms with E-state index in [1.165, 1.54) is 0 Å². The van der Waals surface area contributed by atoms with Gasteiger partial charge in [-0.2, -0.15) is 0 Å². The smallest absolute Gasteiger partial charge is 0.314 e. The Labute approximate surface area is 116 Å². The molecule has 0 aromatic carbocycles. The summed E-state index contributed by atoms with van der Waals surface area (Å²) in [7, 11) is 0. The summed E-state index contributed by atoms with van der Waals surface area (Å²) < 4.78 is 5.42. The van der Waals surface area contributed by atoms with E-state index in [1.807, 2.05) is 0 Å². The van der Waals surface area contributed by atoms with E-state index >= 15 is 0 Å². The molecule has 1 rings (SSSR count). The van der Waals surface area contributed by atoms with Gasteiger partial charge in [-0.3, -0.25) is 0 Å². The molecule has 2 amide bonds. The Morgan fingerprint density at radius 3 is 2.79 bits per heavy atom. The van der Waals surface area contributed by atoms with E-state index < -0.39 is 5.60 Å². The molecule has 1 aliphatic heterocycles. The highest BCUT2D eigenvalue weighted by molar-refractivity contribution is 5.73. The molecular weight excluding hydrogens is 244 g/mol. The Morgan fingerprint density at radius 1 is 1.47 bits per heavy atom. The summed E-state index contributed by atoms with van der Waals surface area (Å²) in [6.45, 7) is 7.61. The zero-order chi connectivity index (χ0) is 14.3. The second-order valence-corrected chi connectivity index (χ2v) is 6.13. The molecule has 19 heavy (non-hydrogen) atoms. The zero-order valence-corrected chi connectivity index (χ0v) is 12.4. The number of urea groups is 1. The van der Waals surface area contributed by atoms with Crippen molar-refractivity contribution in [1.82, 2.24) is 10.6 Å². The molecule has 2 atom stereocenters. The van der Waals surface area contributed by atoms with Gasteiger partial charge in [-0.15, -0.1) is 0 Å². The summed E-state index contributed by atoms with van der Waals surface area (Å²) in [6.07, 6.45) is 3.86. The largest absolute Gasteiger partial charge is 0.388 e. The van der Waals surface area contributed by atoms with Crippen molar-refractivity contribution in [1.29, 1.82) is 0 Å². The molecule has 5 nitrogen and oxygen atoms in total. The maximum atomic E-state index is 11.6. The summed E-state index contributed by atoms with van der Waals surface area (Å²) in [6, 6.07) is -0.236. The monoisotopic (exact) mass is 272 g/mol. The normalized spacial score (nSPS) is 22.3. The van der Waals surface area contributed by atoms with Crippen LogP contribution in [-0.2, 0) is 4.74 Å². The van der Waals surface area contributed by atoms with E-state index in [-0.39, 0.29) is 18.7 Å². The molecule has 1 fully saturated rings. The fraction of sp³-hybridized carbons (Fsp3) is 0.929. The lowest BCUT2D eigenvalue weighted by Gasteiger charge is -2.24. The molecular formula is C14H28N2O3. The van der Waals surface area contributed by atoms with Crippen molar-refractivity contribution in [2.24, 2.45) is 5.92 Å². The average molecular weight is 272 g/mol. The molecule has 2 unspecified atom stereocenters. The predicted molar refractivity (Wildman–Crippen MR) is 75.1 cm³/mol. The Kier molecular flexibility index (Phi) is 6.58. The van der Waals surface area contributed by atoms with E-state index in [1.54, 1.807) is 6.92 Å². The van der Waals surface area contributed by atoms with Crippen LogP contribution in [0.15, 0.2) is 0 Å². The predicted octanol–water partition coefficient (Wildman–Crippen LogP) is 1.65. The van der Waals surface area contributed by atoms with Crippen LogP contribution in [0.3, 0.4) is 0 Å². The van der Waals surface area contributed by atoms with Crippen molar-refractivity contribution in [3.05, 3.63) is 0 Å². The van der Waals surface area contributed by atoms with Crippen molar-refractivity contribution in [2.45, 2.75) is 58.2 Å². The first-order chi connectivity index (χ1) is 8.89. The van der Waals surface area contributed by atoms with Gasteiger partial charge in [0.15, 0.2) is 0 Å². The van der Waals surface area contributed by atoms with E-state index in [4.69, 9.17) is 4.74 Å². The van der Waals surface area contributed by atoms with E-state index in [0.717, 1.165) is 25.9 Å². The number of carbonyl (C=O) groups is 1. The minimum absolute atomic E-state index is 0.146. The Balaban J connectivity index is 2.13. The molecule has 0 radical (unpaired) electrons. The number of amides is 2. The number of hydrogen-bond donors (Lipinski definition) is 3. The van der Waals surface area contributed by atoms with Crippen LogP contribution in [0.25, 0.3) is 0 Å². The minimum atomic E-state index is -0.842. The average Bonchev–Trinajstić information content (AvgIpc) is 2.85. The number of nitrogens with one attached hydrogen (secondary N) is 2. The van der Waals surface area contributed by atoms with Crippen LogP contribution in [0.2, 0.25) is 0 Å². The van der Waals surface area contributed by atoms with Crippen LogP contribution in [0, 0.1) is 5.92 Å². The third-order valence-corrected chi connectivity index (χ3v) is 3.40. The van der Waals surface area contributed by atoms with Gasteiger partial charge in [-0.05, 0) is 38.5 Å². The maximum absolute atomic E-state index is 11.6. The summed E-state index contributed by atoms with van der Waals surface area (Å²) in [5.74, 6) is 0.555. The van der Waals surface area contributed by atoms with Gasteiger partial charge in [-0.1, -0.05) is 13.8 Å². The lowest BCUT2D eigenvalue weighted by atomic mass is 9.95. The number of ether oxygens (including phenoxy) is 1. The molecule has 5 heteroatoms. The van der Waals surface area contributed by atoms with Gasteiger partial charge in [0, 0.05) is 19.7 Å². The van der Waals surface area contributed by atoms with Crippen molar-refractivity contribution in [3.8, 4) is 0 Å². The van der Waals surface area contributed by atoms with Gasteiger partial charge in [0.2, 0.25) is 0 Å². The van der Waals surface area contributed by atoms with Crippen LogP contribution >= 0.6 is 0 Å². The third kappa shape index (κ3) is 7.38. The summed E-state index contributed by atoms with van der Waals surface area (Å²) in [5, 5.41) is 15.6. The highest BCUT2D eigenvalue weighted by atomic mass is 16.5. The molecule has 0 aromatic heterocycles. The first-order valence-electron chi connectivity index (χ1n) is 7.25. The molecule has 112 valence electrons. The molecule has 0 saturated carbocycles. The summed E-state index contributed by atoms with van der Waals surface area (Å²) >= 11 is 0. The second kappa shape index (κ2) is 7.70. The molecule has 0 spiro atoms. The molecule has 1 saturated heterocycles. The molecule has 3 N–H and O–H groups in total. The zero-order valence-electron chi connectivity index (χ0n) is 12.4. The minimum Gasteiger partial charge on any atom is -0.388 e. The van der Waals surface area contributed by atoms with Gasteiger partial charge in [0.05, 0.1) is 11.7 Å². The molecule has 0 bridgehead atoms. The Bertz CT molecular complexity index is 274. The highest BCUT2D eigenvalue weighted by Crippen LogP contribution is 2.15. The Morgan fingerprint density at radius 2 is 2.21 bits per heavy atom. The van der Waals surface area contributed by atoms with Crippen molar-refractivity contribution in [2.75, 3.05) is 19.7 Å². The van der Waals surface area contributed by atoms with E-state index in [0.29, 0.717) is 18.9 Å². The number of aliphatic hydroxyl groups is 1. The molecule has 1 aliphatic rings. The summed E-state index contributed by atoms with van der Waals surface area (Å²) in [4.78, 5) is 11.6. The third-order valence-electron chi connectivity index (χ3n) is 3.40. The van der Waals surface area contributed by atoms with Gasteiger partial charge in [-0.25, -0.2) is 4.79 Å². The van der Waals surface area contributed by atoms with Gasteiger partial charge >= 0.3 is 6.03 Å². The van der Waals surface area contributed by atoms with Crippen LogP contribution in [0.1, 0.15) is 46.5 Å². The fourth-order valence-electron chi connectivity index (χ4n) is 2.03. The van der Waals surface area contributed by atoms with Crippen LogP contribution in [-0.4, -0.2) is 42.5 Å². The lowest BCUT2D eigenvalue weighted by Crippen LogP contribution is -2.46. The maximum Gasteiger partial charge on any atom is 0.314 e. The molecule has 0 aliphatic carbocycles. The standard InChI is InChI=1S/C14H28N2O3/c1-11(2)6-7-14(3,18)10-16-13(17)15-9-12-5-4-8-19-12/h11-12,18H,4-10H2,1-3H3,(H2,15,16,17). The van der Waals surface area contributed by atoms with Crippen molar-refractivity contribution in [3.63, 3.8) is 0 Å². The summed E-state index contributed by atoms with van der Waals surface area (Å²) in [5.41, 5.74) is -0.842. The first kappa shape index (κ1) is 16.2. The van der Waals surface area contributed by atoms with E-state index in [9.17, 15) is 9.90 Å². The van der Waals surface area contributed by atoms with Gasteiger partial charge in [0.25, 0.3) is 0 Å². The fourth-order valence-corrected chi connectivity index (χ4v) is 2.03. The quantitative estimate of drug-likeness (QED) is 0.660. The topological polar surface area (TPSA) is 70.6 Å². The van der Waals surface area contributed by atoms with Crippen LogP contribution in [0.5, 0.6) is 0 Å². The van der Waals surface area contributed by atoms with Crippen LogP contribution < -0.4 is 10.6 Å².